The largest absolute Gasteiger partial charge is 0.456 e. The molecule has 0 spiro atoms. The molecule has 3 N–H and O–H groups in total. The summed E-state index contributed by atoms with van der Waals surface area (Å²) in [5.74, 6) is -0.135. The summed E-state index contributed by atoms with van der Waals surface area (Å²) in [5, 5.41) is 7.65. The zero-order valence-electron chi connectivity index (χ0n) is 13.8. The van der Waals surface area contributed by atoms with Crippen LogP contribution in [0.2, 0.25) is 5.02 Å². The van der Waals surface area contributed by atoms with Crippen LogP contribution in [0.15, 0.2) is 50.9 Å². The minimum Gasteiger partial charge on any atom is -0.456 e. The van der Waals surface area contributed by atoms with Gasteiger partial charge in [0.05, 0.1) is 9.80 Å². The number of carbonyl (C=O) groups excluding carboxylic acids is 2. The predicted octanol–water partition coefficient (Wildman–Crippen LogP) is 3.12. The van der Waals surface area contributed by atoms with Crippen molar-refractivity contribution < 1.29 is 22.4 Å². The van der Waals surface area contributed by atoms with Crippen molar-refractivity contribution in [2.45, 2.75) is 4.90 Å². The number of primary sulfonamides is 1. The Kier molecular flexibility index (Phi) is 4.50. The Morgan fingerprint density at radius 2 is 1.96 bits per heavy atom. The van der Waals surface area contributed by atoms with Crippen molar-refractivity contribution in [3.63, 3.8) is 0 Å². The van der Waals surface area contributed by atoms with E-state index in [1.54, 1.807) is 12.3 Å². The van der Waals surface area contributed by atoms with Gasteiger partial charge in [0.1, 0.15) is 11.3 Å². The number of aromatic nitrogens is 1. The molecule has 0 bridgehead atoms. The number of thioether (sulfide) groups is 1. The molecule has 1 saturated heterocycles. The van der Waals surface area contributed by atoms with Crippen molar-refractivity contribution in [1.82, 2.24) is 10.3 Å². The first-order valence-electron chi connectivity index (χ1n) is 7.67. The average molecular weight is 436 g/mol. The Balaban J connectivity index is 1.81. The Bertz CT molecular complexity index is 1300. The summed E-state index contributed by atoms with van der Waals surface area (Å²) in [6, 6.07) is 5.77. The van der Waals surface area contributed by atoms with E-state index >= 15 is 0 Å². The van der Waals surface area contributed by atoms with Gasteiger partial charge >= 0.3 is 0 Å². The van der Waals surface area contributed by atoms with E-state index < -0.39 is 21.2 Å². The number of furan rings is 1. The lowest BCUT2D eigenvalue weighted by Crippen LogP contribution is -2.17. The van der Waals surface area contributed by atoms with Crippen LogP contribution in [-0.2, 0) is 14.8 Å². The second kappa shape index (κ2) is 6.74. The van der Waals surface area contributed by atoms with Crippen molar-refractivity contribution in [3.8, 4) is 11.1 Å². The van der Waals surface area contributed by atoms with E-state index in [1.807, 2.05) is 0 Å². The van der Waals surface area contributed by atoms with Gasteiger partial charge in [-0.15, -0.1) is 0 Å². The first-order valence-corrected chi connectivity index (χ1v) is 10.4. The first kappa shape index (κ1) is 18.7. The molecule has 8 nitrogen and oxygen atoms in total. The smallest absolute Gasteiger partial charge is 0.290 e. The maximum absolute atomic E-state index is 11.7. The van der Waals surface area contributed by atoms with Crippen molar-refractivity contribution in [2.24, 2.45) is 5.14 Å². The molecule has 1 aliphatic rings. The van der Waals surface area contributed by atoms with Gasteiger partial charge in [-0.25, -0.2) is 13.6 Å². The number of hydrogen-bond acceptors (Lipinski definition) is 7. The molecular formula is C17H10ClN3O5S2. The first-order chi connectivity index (χ1) is 13.2. The highest BCUT2D eigenvalue weighted by atomic mass is 35.5. The van der Waals surface area contributed by atoms with E-state index in [9.17, 15) is 18.0 Å². The van der Waals surface area contributed by atoms with Crippen LogP contribution in [0, 0.1) is 0 Å². The molecule has 3 aromatic rings. The van der Waals surface area contributed by atoms with Gasteiger partial charge in [0.25, 0.3) is 11.1 Å². The number of amides is 2. The predicted molar refractivity (Wildman–Crippen MR) is 105 cm³/mol. The van der Waals surface area contributed by atoms with Crippen LogP contribution < -0.4 is 10.5 Å². The third kappa shape index (κ3) is 3.42. The minimum atomic E-state index is -3.88. The summed E-state index contributed by atoms with van der Waals surface area (Å²) in [7, 11) is -3.88. The summed E-state index contributed by atoms with van der Waals surface area (Å²) in [6.07, 6.45) is 4.56. The standard InChI is InChI=1S/C17H10ClN3O5S2/c18-13-5-10(28(19,24)25)1-2-11(13)12-7-20-6-8-3-9(26-15(8)12)4-14-16(22)21-17(23)27-14/h1-7H,(H2,19,24,25)(H,21,22,23). The van der Waals surface area contributed by atoms with Crippen LogP contribution in [0.1, 0.15) is 5.76 Å². The Labute approximate surface area is 167 Å². The summed E-state index contributed by atoms with van der Waals surface area (Å²) < 4.78 is 28.8. The highest BCUT2D eigenvalue weighted by molar-refractivity contribution is 8.18. The van der Waals surface area contributed by atoms with Crippen molar-refractivity contribution >= 4 is 61.6 Å². The second-order valence-electron chi connectivity index (χ2n) is 5.79. The number of nitrogens with two attached hydrogens (primary N) is 1. The zero-order chi connectivity index (χ0) is 20.1. The molecule has 2 amide bonds. The number of nitrogens with one attached hydrogen (secondary N) is 1. The van der Waals surface area contributed by atoms with Crippen molar-refractivity contribution in [1.29, 1.82) is 0 Å². The molecule has 4 rings (SSSR count). The molecular weight excluding hydrogens is 426 g/mol. The molecule has 0 atom stereocenters. The summed E-state index contributed by atoms with van der Waals surface area (Å²) >= 11 is 7.04. The molecule has 28 heavy (non-hydrogen) atoms. The molecule has 11 heteroatoms. The Morgan fingerprint density at radius 1 is 1.18 bits per heavy atom. The van der Waals surface area contributed by atoms with E-state index in [0.717, 1.165) is 11.8 Å². The molecule has 142 valence electrons. The van der Waals surface area contributed by atoms with Gasteiger partial charge in [0.2, 0.25) is 10.0 Å². The number of rotatable bonds is 3. The summed E-state index contributed by atoms with van der Waals surface area (Å²) in [6.45, 7) is 0. The molecule has 3 heterocycles. The van der Waals surface area contributed by atoms with Gasteiger partial charge in [-0.2, -0.15) is 0 Å². The molecule has 1 fully saturated rings. The number of carbonyl (C=O) groups is 2. The lowest BCUT2D eigenvalue weighted by molar-refractivity contribution is -0.115. The molecule has 0 radical (unpaired) electrons. The van der Waals surface area contributed by atoms with E-state index in [0.29, 0.717) is 27.9 Å². The van der Waals surface area contributed by atoms with Crippen molar-refractivity contribution in [3.05, 3.63) is 52.3 Å². The number of fused-ring (bicyclic) bond motifs is 1. The monoisotopic (exact) mass is 435 g/mol. The molecule has 1 aromatic carbocycles. The minimum absolute atomic E-state index is 0.111. The van der Waals surface area contributed by atoms with E-state index in [2.05, 4.69) is 10.3 Å². The number of halogens is 1. The normalized spacial score (nSPS) is 16.1. The molecule has 1 aliphatic heterocycles. The van der Waals surface area contributed by atoms with Gasteiger partial charge in [-0.1, -0.05) is 17.7 Å². The molecule has 0 saturated carbocycles. The van der Waals surface area contributed by atoms with E-state index in [-0.39, 0.29) is 14.8 Å². The van der Waals surface area contributed by atoms with E-state index in [1.165, 1.54) is 30.5 Å². The fourth-order valence-electron chi connectivity index (χ4n) is 2.69. The lowest BCUT2D eigenvalue weighted by atomic mass is 10.1. The highest BCUT2D eigenvalue weighted by Crippen LogP contribution is 2.36. The third-order valence-electron chi connectivity index (χ3n) is 3.92. The van der Waals surface area contributed by atoms with Gasteiger partial charge in [0, 0.05) is 40.0 Å². The van der Waals surface area contributed by atoms with Crippen LogP contribution >= 0.6 is 23.4 Å². The SMILES string of the molecule is NS(=O)(=O)c1ccc(-c2cncc3cc(C=C4SC(=O)NC4=O)oc23)c(Cl)c1. The van der Waals surface area contributed by atoms with E-state index in [4.69, 9.17) is 21.2 Å². The second-order valence-corrected chi connectivity index (χ2v) is 8.78. The van der Waals surface area contributed by atoms with Crippen LogP contribution in [0.5, 0.6) is 0 Å². The Morgan fingerprint density at radius 3 is 2.61 bits per heavy atom. The van der Waals surface area contributed by atoms with Crippen LogP contribution in [0.3, 0.4) is 0 Å². The van der Waals surface area contributed by atoms with Gasteiger partial charge in [-0.3, -0.25) is 19.9 Å². The summed E-state index contributed by atoms with van der Waals surface area (Å²) in [5.41, 5.74) is 1.48. The fraction of sp³-hybridized carbons (Fsp3) is 0. The average Bonchev–Trinajstić information content (AvgIpc) is 3.16. The Hall–Kier alpha value is -2.66. The maximum atomic E-state index is 11.7. The molecule has 2 aromatic heterocycles. The number of sulfonamides is 1. The number of benzene rings is 1. The van der Waals surface area contributed by atoms with Crippen LogP contribution in [0.25, 0.3) is 28.2 Å². The van der Waals surface area contributed by atoms with Gasteiger partial charge in [0.15, 0.2) is 0 Å². The van der Waals surface area contributed by atoms with Crippen LogP contribution in [-0.4, -0.2) is 24.5 Å². The number of hydrogen-bond donors (Lipinski definition) is 2. The zero-order valence-corrected chi connectivity index (χ0v) is 16.2. The number of pyridine rings is 1. The number of nitrogens with zero attached hydrogens (tertiary/aromatic N) is 1. The van der Waals surface area contributed by atoms with Gasteiger partial charge in [-0.05, 0) is 30.0 Å². The number of imide groups is 1. The third-order valence-corrected chi connectivity index (χ3v) is 5.95. The molecule has 0 aliphatic carbocycles. The van der Waals surface area contributed by atoms with Crippen molar-refractivity contribution in [2.75, 3.05) is 0 Å². The van der Waals surface area contributed by atoms with Gasteiger partial charge < -0.3 is 4.42 Å². The maximum Gasteiger partial charge on any atom is 0.290 e. The fourth-order valence-corrected chi connectivity index (χ4v) is 4.24. The quantitative estimate of drug-likeness (QED) is 0.604. The van der Waals surface area contributed by atoms with Crippen LogP contribution in [0.4, 0.5) is 4.79 Å². The topological polar surface area (TPSA) is 132 Å². The summed E-state index contributed by atoms with van der Waals surface area (Å²) in [4.78, 5) is 27.2. The molecule has 0 unspecified atom stereocenters. The lowest BCUT2D eigenvalue weighted by Gasteiger charge is -2.06. The highest BCUT2D eigenvalue weighted by Gasteiger charge is 2.25.